The van der Waals surface area contributed by atoms with Gasteiger partial charge in [0.25, 0.3) is 5.91 Å². The first kappa shape index (κ1) is 13.8. The van der Waals surface area contributed by atoms with Crippen LogP contribution in [0, 0.1) is 11.3 Å². The predicted octanol–water partition coefficient (Wildman–Crippen LogP) is 0.539. The van der Waals surface area contributed by atoms with Crippen LogP contribution in [0.15, 0.2) is 34.6 Å². The summed E-state index contributed by atoms with van der Waals surface area (Å²) in [5.41, 5.74) is 0.0117. The molecule has 0 saturated carbocycles. The monoisotopic (exact) mass is 249 g/mol. The fraction of sp³-hybridized carbons (Fsp3) is 0.333. The molecule has 0 spiro atoms. The second kappa shape index (κ2) is 7.92. The molecule has 0 aliphatic rings. The van der Waals surface area contributed by atoms with Crippen molar-refractivity contribution in [3.8, 4) is 6.07 Å². The number of methoxy groups -OCH3 is 1. The molecule has 0 unspecified atom stereocenters. The molecular weight excluding hydrogens is 234 g/mol. The van der Waals surface area contributed by atoms with Gasteiger partial charge in [-0.1, -0.05) is 0 Å². The van der Waals surface area contributed by atoms with Crippen LogP contribution in [-0.2, 0) is 16.1 Å². The van der Waals surface area contributed by atoms with Gasteiger partial charge in [-0.3, -0.25) is 4.79 Å². The Labute approximate surface area is 105 Å². The van der Waals surface area contributed by atoms with E-state index in [1.807, 2.05) is 6.07 Å². The van der Waals surface area contributed by atoms with Crippen molar-refractivity contribution in [1.29, 1.82) is 5.26 Å². The van der Waals surface area contributed by atoms with Gasteiger partial charge >= 0.3 is 0 Å². The molecule has 2 N–H and O–H groups in total. The Kier molecular flexibility index (Phi) is 6.08. The Balaban J connectivity index is 2.39. The lowest BCUT2D eigenvalue weighted by atomic mass is 10.3. The number of rotatable bonds is 7. The molecule has 0 radical (unpaired) electrons. The molecule has 0 saturated heterocycles. The minimum Gasteiger partial charge on any atom is -0.467 e. The first-order valence-electron chi connectivity index (χ1n) is 5.41. The number of hydrogen-bond acceptors (Lipinski definition) is 5. The predicted molar refractivity (Wildman–Crippen MR) is 64.1 cm³/mol. The minimum absolute atomic E-state index is 0.0117. The number of amides is 1. The summed E-state index contributed by atoms with van der Waals surface area (Å²) < 4.78 is 9.89. The summed E-state index contributed by atoms with van der Waals surface area (Å²) >= 11 is 0. The Morgan fingerprint density at radius 3 is 3.11 bits per heavy atom. The third-order valence-corrected chi connectivity index (χ3v) is 2.07. The highest BCUT2D eigenvalue weighted by molar-refractivity contribution is 5.96. The zero-order valence-corrected chi connectivity index (χ0v) is 10.1. The van der Waals surface area contributed by atoms with Crippen molar-refractivity contribution in [3.05, 3.63) is 35.9 Å². The van der Waals surface area contributed by atoms with Gasteiger partial charge in [0.05, 0.1) is 19.4 Å². The third kappa shape index (κ3) is 4.72. The number of nitrogens with zero attached hydrogens (tertiary/aromatic N) is 1. The smallest absolute Gasteiger partial charge is 0.263 e. The second-order valence-electron chi connectivity index (χ2n) is 3.38. The minimum atomic E-state index is -0.446. The molecule has 1 aromatic rings. The lowest BCUT2D eigenvalue weighted by molar-refractivity contribution is -0.117. The maximum atomic E-state index is 11.6. The molecule has 0 aliphatic heterocycles. The normalized spacial score (nSPS) is 10.8. The average molecular weight is 249 g/mol. The van der Waals surface area contributed by atoms with E-state index in [-0.39, 0.29) is 12.1 Å². The van der Waals surface area contributed by atoms with E-state index >= 15 is 0 Å². The largest absolute Gasteiger partial charge is 0.467 e. The lowest BCUT2D eigenvalue weighted by Gasteiger charge is -2.03. The lowest BCUT2D eigenvalue weighted by Crippen LogP contribution is -2.25. The summed E-state index contributed by atoms with van der Waals surface area (Å²) in [5.74, 6) is 0.187. The van der Waals surface area contributed by atoms with Crippen LogP contribution in [0.2, 0.25) is 0 Å². The topological polar surface area (TPSA) is 87.3 Å². The number of carbonyl (C=O) groups excluding carboxylic acids is 1. The zero-order chi connectivity index (χ0) is 13.2. The maximum Gasteiger partial charge on any atom is 0.263 e. The first-order chi connectivity index (χ1) is 8.77. The summed E-state index contributed by atoms with van der Waals surface area (Å²) in [5, 5.41) is 14.2. The van der Waals surface area contributed by atoms with Crippen molar-refractivity contribution < 1.29 is 13.9 Å². The summed E-state index contributed by atoms with van der Waals surface area (Å²) in [6.07, 6.45) is 2.89. The van der Waals surface area contributed by atoms with Gasteiger partial charge < -0.3 is 19.8 Å². The Bertz CT molecular complexity index is 432. The number of furan rings is 1. The molecule has 1 amide bonds. The highest BCUT2D eigenvalue weighted by Gasteiger charge is 2.08. The molecule has 6 nitrogen and oxygen atoms in total. The quantitative estimate of drug-likeness (QED) is 0.418. The molecule has 0 aliphatic carbocycles. The van der Waals surface area contributed by atoms with E-state index in [4.69, 9.17) is 14.4 Å². The van der Waals surface area contributed by atoms with Crippen molar-refractivity contribution in [3.63, 3.8) is 0 Å². The van der Waals surface area contributed by atoms with E-state index in [0.29, 0.717) is 18.9 Å². The number of carbonyl (C=O) groups is 1. The fourth-order valence-corrected chi connectivity index (χ4v) is 1.16. The van der Waals surface area contributed by atoms with E-state index in [1.54, 1.807) is 19.2 Å². The highest BCUT2D eigenvalue weighted by Crippen LogP contribution is 1.99. The van der Waals surface area contributed by atoms with E-state index in [9.17, 15) is 4.79 Å². The van der Waals surface area contributed by atoms with E-state index in [0.717, 1.165) is 0 Å². The van der Waals surface area contributed by atoms with Crippen LogP contribution >= 0.6 is 0 Å². The molecule has 6 heteroatoms. The standard InChI is InChI=1S/C12H15N3O3/c1-17-6-4-14-8-10(7-13)12(16)15-9-11-3-2-5-18-11/h2-3,5,8,14H,4,6,9H2,1H3,(H,15,16)/b10-8-. The maximum absolute atomic E-state index is 11.6. The molecule has 1 aromatic heterocycles. The van der Waals surface area contributed by atoms with Crippen LogP contribution in [0.25, 0.3) is 0 Å². The van der Waals surface area contributed by atoms with Crippen molar-refractivity contribution in [1.82, 2.24) is 10.6 Å². The van der Waals surface area contributed by atoms with Gasteiger partial charge in [-0.25, -0.2) is 0 Å². The summed E-state index contributed by atoms with van der Waals surface area (Å²) in [7, 11) is 1.58. The molecule has 0 aromatic carbocycles. The number of nitrogens with one attached hydrogen (secondary N) is 2. The van der Waals surface area contributed by atoms with Crippen molar-refractivity contribution in [2.45, 2.75) is 6.54 Å². The van der Waals surface area contributed by atoms with E-state index < -0.39 is 5.91 Å². The summed E-state index contributed by atoms with van der Waals surface area (Å²) in [4.78, 5) is 11.6. The molecule has 96 valence electrons. The Hall–Kier alpha value is -2.26. The van der Waals surface area contributed by atoms with Crippen LogP contribution in [0.1, 0.15) is 5.76 Å². The molecule has 1 heterocycles. The Morgan fingerprint density at radius 2 is 2.50 bits per heavy atom. The molecule has 0 fully saturated rings. The SMILES string of the molecule is COCCN/C=C(/C#N)C(=O)NCc1ccco1. The number of nitriles is 1. The van der Waals surface area contributed by atoms with Gasteiger partial charge in [0.2, 0.25) is 0 Å². The van der Waals surface area contributed by atoms with Crippen molar-refractivity contribution >= 4 is 5.91 Å². The van der Waals surface area contributed by atoms with Crippen molar-refractivity contribution in [2.24, 2.45) is 0 Å². The number of hydrogen-bond donors (Lipinski definition) is 2. The molecule has 0 atom stereocenters. The van der Waals surface area contributed by atoms with Crippen molar-refractivity contribution in [2.75, 3.05) is 20.3 Å². The van der Waals surface area contributed by atoms with Gasteiger partial charge in [0, 0.05) is 19.9 Å². The van der Waals surface area contributed by atoms with Crippen LogP contribution in [0.5, 0.6) is 0 Å². The van der Waals surface area contributed by atoms with Crippen LogP contribution < -0.4 is 10.6 Å². The Morgan fingerprint density at radius 1 is 1.67 bits per heavy atom. The zero-order valence-electron chi connectivity index (χ0n) is 10.1. The van der Waals surface area contributed by atoms with Gasteiger partial charge in [0.15, 0.2) is 0 Å². The summed E-state index contributed by atoms with van der Waals surface area (Å²) in [6.45, 7) is 1.29. The third-order valence-electron chi connectivity index (χ3n) is 2.07. The first-order valence-corrected chi connectivity index (χ1v) is 5.41. The van der Waals surface area contributed by atoms with E-state index in [2.05, 4.69) is 10.6 Å². The average Bonchev–Trinajstić information content (AvgIpc) is 2.89. The molecule has 1 rings (SSSR count). The van der Waals surface area contributed by atoms with Crippen LogP contribution in [-0.4, -0.2) is 26.2 Å². The summed E-state index contributed by atoms with van der Waals surface area (Å²) in [6, 6.07) is 5.30. The molecule has 18 heavy (non-hydrogen) atoms. The fourth-order valence-electron chi connectivity index (χ4n) is 1.16. The van der Waals surface area contributed by atoms with Gasteiger partial charge in [-0.05, 0) is 12.1 Å². The van der Waals surface area contributed by atoms with Crippen LogP contribution in [0.3, 0.4) is 0 Å². The van der Waals surface area contributed by atoms with Gasteiger partial charge in [0.1, 0.15) is 17.4 Å². The van der Waals surface area contributed by atoms with Gasteiger partial charge in [-0.15, -0.1) is 0 Å². The highest BCUT2D eigenvalue weighted by atomic mass is 16.5. The second-order valence-corrected chi connectivity index (χ2v) is 3.38. The van der Waals surface area contributed by atoms with E-state index in [1.165, 1.54) is 12.5 Å². The van der Waals surface area contributed by atoms with Crippen LogP contribution in [0.4, 0.5) is 0 Å². The molecular formula is C12H15N3O3. The molecule has 0 bridgehead atoms. The number of ether oxygens (including phenoxy) is 1. The van der Waals surface area contributed by atoms with Gasteiger partial charge in [-0.2, -0.15) is 5.26 Å².